The maximum absolute atomic E-state index is 12.1. The second-order valence-electron chi connectivity index (χ2n) is 4.11. The first-order valence-electron chi connectivity index (χ1n) is 5.78. The number of carbonyl (C=O) groups is 1. The summed E-state index contributed by atoms with van der Waals surface area (Å²) < 4.78 is 6.48. The summed E-state index contributed by atoms with van der Waals surface area (Å²) in [5, 5.41) is 3.69. The van der Waals surface area contributed by atoms with Gasteiger partial charge >= 0.3 is 0 Å². The van der Waals surface area contributed by atoms with Gasteiger partial charge in [0.1, 0.15) is 5.58 Å². The molecule has 0 aliphatic rings. The molecule has 1 aromatic heterocycles. The van der Waals surface area contributed by atoms with Crippen molar-refractivity contribution in [3.63, 3.8) is 0 Å². The van der Waals surface area contributed by atoms with Gasteiger partial charge in [-0.25, -0.2) is 0 Å². The van der Waals surface area contributed by atoms with Gasteiger partial charge in [0.05, 0.1) is 0 Å². The molecule has 0 spiro atoms. The number of hydrogen-bond acceptors (Lipinski definition) is 2. The van der Waals surface area contributed by atoms with Crippen LogP contribution in [-0.4, -0.2) is 5.91 Å². The summed E-state index contributed by atoms with van der Waals surface area (Å²) in [6.07, 6.45) is 0. The fourth-order valence-electron chi connectivity index (χ4n) is 1.84. The van der Waals surface area contributed by atoms with Crippen LogP contribution in [0, 0.1) is 0 Å². The third-order valence-corrected chi connectivity index (χ3v) is 3.23. The Morgan fingerprint density at radius 1 is 1.05 bits per heavy atom. The third kappa shape index (κ3) is 2.53. The van der Waals surface area contributed by atoms with Gasteiger partial charge in [-0.05, 0) is 36.4 Å². The number of amides is 1. The summed E-state index contributed by atoms with van der Waals surface area (Å²) in [5.41, 5.74) is 1.44. The molecule has 4 heteroatoms. The zero-order valence-corrected chi connectivity index (χ0v) is 11.5. The van der Waals surface area contributed by atoms with Crippen molar-refractivity contribution in [2.75, 3.05) is 5.32 Å². The Morgan fingerprint density at radius 3 is 2.63 bits per heavy atom. The molecule has 0 aliphatic heterocycles. The van der Waals surface area contributed by atoms with Gasteiger partial charge in [0.2, 0.25) is 0 Å². The van der Waals surface area contributed by atoms with E-state index < -0.39 is 0 Å². The minimum Gasteiger partial charge on any atom is -0.451 e. The van der Waals surface area contributed by atoms with Gasteiger partial charge in [0, 0.05) is 15.5 Å². The Balaban J connectivity index is 1.89. The van der Waals surface area contributed by atoms with E-state index in [0.717, 1.165) is 15.5 Å². The molecule has 2 aromatic carbocycles. The molecule has 0 atom stereocenters. The second-order valence-corrected chi connectivity index (χ2v) is 5.03. The zero-order valence-electron chi connectivity index (χ0n) is 9.89. The van der Waals surface area contributed by atoms with Crippen LogP contribution in [0.15, 0.2) is 63.5 Å². The summed E-state index contributed by atoms with van der Waals surface area (Å²) in [5.74, 6) is 0.0514. The molecule has 0 fully saturated rings. The summed E-state index contributed by atoms with van der Waals surface area (Å²) >= 11 is 3.39. The van der Waals surface area contributed by atoms with Crippen molar-refractivity contribution in [3.8, 4) is 0 Å². The number of halogens is 1. The van der Waals surface area contributed by atoms with Crippen LogP contribution in [0.1, 0.15) is 10.6 Å². The maximum atomic E-state index is 12.1. The molecule has 1 heterocycles. The largest absolute Gasteiger partial charge is 0.451 e. The molecular formula is C15H10BrNO2. The lowest BCUT2D eigenvalue weighted by molar-refractivity contribution is 0.0998. The molecule has 3 nitrogen and oxygen atoms in total. The van der Waals surface area contributed by atoms with E-state index in [1.165, 1.54) is 0 Å². The van der Waals surface area contributed by atoms with Crippen LogP contribution in [0.25, 0.3) is 11.0 Å². The summed E-state index contributed by atoms with van der Waals surface area (Å²) in [7, 11) is 0. The van der Waals surface area contributed by atoms with Gasteiger partial charge < -0.3 is 9.73 Å². The first kappa shape index (κ1) is 12.0. The quantitative estimate of drug-likeness (QED) is 0.759. The van der Waals surface area contributed by atoms with Crippen LogP contribution in [0.4, 0.5) is 5.69 Å². The van der Waals surface area contributed by atoms with E-state index >= 15 is 0 Å². The molecule has 0 saturated carbocycles. The van der Waals surface area contributed by atoms with Gasteiger partial charge in [-0.15, -0.1) is 0 Å². The van der Waals surface area contributed by atoms with Crippen LogP contribution in [0.5, 0.6) is 0 Å². The number of para-hydroxylation sites is 1. The number of hydrogen-bond donors (Lipinski definition) is 1. The van der Waals surface area contributed by atoms with Crippen molar-refractivity contribution in [2.45, 2.75) is 0 Å². The molecule has 3 rings (SSSR count). The Bertz CT molecular complexity index is 734. The maximum Gasteiger partial charge on any atom is 0.291 e. The molecule has 0 aliphatic carbocycles. The third-order valence-electron chi connectivity index (χ3n) is 2.73. The number of nitrogens with one attached hydrogen (secondary N) is 1. The average molecular weight is 316 g/mol. The van der Waals surface area contributed by atoms with E-state index in [1.54, 1.807) is 6.07 Å². The van der Waals surface area contributed by atoms with E-state index in [9.17, 15) is 4.79 Å². The minimum atomic E-state index is -0.251. The first-order chi connectivity index (χ1) is 9.22. The molecule has 0 unspecified atom stereocenters. The summed E-state index contributed by atoms with van der Waals surface area (Å²) in [6, 6.07) is 16.7. The zero-order chi connectivity index (χ0) is 13.2. The van der Waals surface area contributed by atoms with Gasteiger partial charge in [-0.2, -0.15) is 0 Å². The standard InChI is InChI=1S/C15H10BrNO2/c16-11-6-7-13-10(8-11)9-14(19-13)15(18)17-12-4-2-1-3-5-12/h1-9H,(H,17,18). The predicted molar refractivity (Wildman–Crippen MR) is 78.3 cm³/mol. The lowest BCUT2D eigenvalue weighted by Crippen LogP contribution is -2.10. The topological polar surface area (TPSA) is 42.2 Å². The van der Waals surface area contributed by atoms with Gasteiger partial charge in [0.15, 0.2) is 5.76 Å². The SMILES string of the molecule is O=C(Nc1ccccc1)c1cc2cc(Br)ccc2o1. The van der Waals surface area contributed by atoms with Crippen molar-refractivity contribution < 1.29 is 9.21 Å². The normalized spacial score (nSPS) is 10.6. The van der Waals surface area contributed by atoms with Gasteiger partial charge in [0.25, 0.3) is 5.91 Å². The fourth-order valence-corrected chi connectivity index (χ4v) is 2.22. The van der Waals surface area contributed by atoms with Crippen molar-refractivity contribution in [2.24, 2.45) is 0 Å². The molecule has 19 heavy (non-hydrogen) atoms. The van der Waals surface area contributed by atoms with Crippen molar-refractivity contribution in [1.82, 2.24) is 0 Å². The fraction of sp³-hybridized carbons (Fsp3) is 0. The average Bonchev–Trinajstić information content (AvgIpc) is 2.83. The molecule has 1 N–H and O–H groups in total. The highest BCUT2D eigenvalue weighted by Crippen LogP contribution is 2.23. The minimum absolute atomic E-state index is 0.251. The number of furan rings is 1. The van der Waals surface area contributed by atoms with E-state index in [0.29, 0.717) is 11.3 Å². The molecule has 1 amide bonds. The van der Waals surface area contributed by atoms with Crippen LogP contribution in [0.2, 0.25) is 0 Å². The molecule has 3 aromatic rings. The number of fused-ring (bicyclic) bond motifs is 1. The van der Waals surface area contributed by atoms with E-state index in [2.05, 4.69) is 21.2 Å². The molecule has 0 radical (unpaired) electrons. The van der Waals surface area contributed by atoms with Crippen molar-refractivity contribution in [3.05, 3.63) is 64.8 Å². The summed E-state index contributed by atoms with van der Waals surface area (Å²) in [6.45, 7) is 0. The van der Waals surface area contributed by atoms with Gasteiger partial charge in [-0.1, -0.05) is 34.1 Å². The Kier molecular flexibility index (Phi) is 3.09. The molecule has 0 saturated heterocycles. The number of carbonyl (C=O) groups excluding carboxylic acids is 1. The number of anilines is 1. The number of benzene rings is 2. The Morgan fingerprint density at radius 2 is 1.84 bits per heavy atom. The molecular weight excluding hydrogens is 306 g/mol. The summed E-state index contributed by atoms with van der Waals surface area (Å²) in [4.78, 5) is 12.1. The van der Waals surface area contributed by atoms with Crippen LogP contribution >= 0.6 is 15.9 Å². The lowest BCUT2D eigenvalue weighted by atomic mass is 10.2. The van der Waals surface area contributed by atoms with Crippen LogP contribution in [0.3, 0.4) is 0 Å². The van der Waals surface area contributed by atoms with Gasteiger partial charge in [-0.3, -0.25) is 4.79 Å². The van der Waals surface area contributed by atoms with E-state index in [1.807, 2.05) is 48.5 Å². The van der Waals surface area contributed by atoms with E-state index in [4.69, 9.17) is 4.42 Å². The van der Waals surface area contributed by atoms with Crippen LogP contribution < -0.4 is 5.32 Å². The Hall–Kier alpha value is -2.07. The van der Waals surface area contributed by atoms with Crippen molar-refractivity contribution >= 4 is 38.5 Å². The first-order valence-corrected chi connectivity index (χ1v) is 6.57. The van der Waals surface area contributed by atoms with Crippen LogP contribution in [-0.2, 0) is 0 Å². The second kappa shape index (κ2) is 4.90. The monoisotopic (exact) mass is 315 g/mol. The molecule has 94 valence electrons. The predicted octanol–water partition coefficient (Wildman–Crippen LogP) is 4.45. The highest BCUT2D eigenvalue weighted by Gasteiger charge is 2.12. The lowest BCUT2D eigenvalue weighted by Gasteiger charge is -2.01. The smallest absolute Gasteiger partial charge is 0.291 e. The highest BCUT2D eigenvalue weighted by atomic mass is 79.9. The van der Waals surface area contributed by atoms with E-state index in [-0.39, 0.29) is 5.91 Å². The Labute approximate surface area is 118 Å². The molecule has 0 bridgehead atoms. The van der Waals surface area contributed by atoms with Crippen molar-refractivity contribution in [1.29, 1.82) is 0 Å². The highest BCUT2D eigenvalue weighted by molar-refractivity contribution is 9.10. The number of rotatable bonds is 2.